The van der Waals surface area contributed by atoms with Gasteiger partial charge in [-0.2, -0.15) is 0 Å². The summed E-state index contributed by atoms with van der Waals surface area (Å²) in [7, 11) is 0. The summed E-state index contributed by atoms with van der Waals surface area (Å²) in [4.78, 5) is 13.8. The molecule has 29 heavy (non-hydrogen) atoms. The molecule has 6 nitrogen and oxygen atoms in total. The highest BCUT2D eigenvalue weighted by Gasteiger charge is 2.23. The number of aromatic nitrogens is 3. The molecular weight excluding hydrogens is 404 g/mol. The first-order chi connectivity index (χ1) is 14.2. The highest BCUT2D eigenvalue weighted by atomic mass is 32.2. The Hall–Kier alpha value is -2.16. The Labute approximate surface area is 178 Å². The van der Waals surface area contributed by atoms with Crippen molar-refractivity contribution in [2.45, 2.75) is 42.7 Å². The van der Waals surface area contributed by atoms with E-state index in [0.29, 0.717) is 13.0 Å². The van der Waals surface area contributed by atoms with Gasteiger partial charge in [-0.15, -0.1) is 21.5 Å². The number of rotatable bonds is 8. The summed E-state index contributed by atoms with van der Waals surface area (Å²) in [6.07, 6.45) is 2.93. The van der Waals surface area contributed by atoms with Crippen molar-refractivity contribution in [3.8, 4) is 5.69 Å². The molecule has 2 atom stereocenters. The van der Waals surface area contributed by atoms with Gasteiger partial charge in [0.05, 0.1) is 11.4 Å². The van der Waals surface area contributed by atoms with Crippen LogP contribution in [0.3, 0.4) is 0 Å². The molecule has 1 aliphatic heterocycles. The lowest BCUT2D eigenvalue weighted by Gasteiger charge is -2.15. The smallest absolute Gasteiger partial charge is 0.233 e. The predicted octanol–water partition coefficient (Wildman–Crippen LogP) is 3.70. The molecule has 0 spiro atoms. The Bertz CT molecular complexity index is 922. The predicted molar refractivity (Wildman–Crippen MR) is 116 cm³/mol. The van der Waals surface area contributed by atoms with E-state index in [-0.39, 0.29) is 17.3 Å². The molecule has 152 valence electrons. The van der Waals surface area contributed by atoms with Crippen molar-refractivity contribution in [1.82, 2.24) is 20.1 Å². The standard InChI is InChI=1S/C21H24N4O2S2/c1-15(20(26)22-14-17-9-5-11-27-17)29-21-24-23-19(13-18-10-6-12-28-18)25(21)16-7-3-2-4-8-16/h2-4,6-8,10,12,15,17H,5,9,11,13-14H2,1H3,(H,22,26)/t15-,17+/m1/s1. The van der Waals surface area contributed by atoms with E-state index in [9.17, 15) is 4.79 Å². The van der Waals surface area contributed by atoms with Gasteiger partial charge in [-0.05, 0) is 43.3 Å². The van der Waals surface area contributed by atoms with E-state index in [2.05, 4.69) is 27.0 Å². The average Bonchev–Trinajstić information content (AvgIpc) is 3.50. The number of hydrogen-bond acceptors (Lipinski definition) is 6. The van der Waals surface area contributed by atoms with Crippen molar-refractivity contribution in [1.29, 1.82) is 0 Å². The molecule has 2 aromatic heterocycles. The van der Waals surface area contributed by atoms with Gasteiger partial charge in [0.1, 0.15) is 5.82 Å². The number of carbonyl (C=O) groups is 1. The SMILES string of the molecule is C[C@@H](Sc1nnc(Cc2cccs2)n1-c1ccccc1)C(=O)NC[C@@H]1CCCO1. The van der Waals surface area contributed by atoms with E-state index in [4.69, 9.17) is 4.74 Å². The molecule has 4 rings (SSSR count). The molecule has 8 heteroatoms. The number of thiophene rings is 1. The maximum Gasteiger partial charge on any atom is 0.233 e. The Morgan fingerprint density at radius 3 is 2.90 bits per heavy atom. The van der Waals surface area contributed by atoms with Crippen LogP contribution >= 0.6 is 23.1 Å². The molecule has 1 fully saturated rings. The lowest BCUT2D eigenvalue weighted by Crippen LogP contribution is -2.36. The second kappa shape index (κ2) is 9.56. The fourth-order valence-electron chi connectivity index (χ4n) is 3.27. The summed E-state index contributed by atoms with van der Waals surface area (Å²) in [5.41, 5.74) is 0.999. The Balaban J connectivity index is 1.50. The van der Waals surface area contributed by atoms with Crippen LogP contribution in [0.1, 0.15) is 30.5 Å². The second-order valence-electron chi connectivity index (χ2n) is 6.97. The Morgan fingerprint density at radius 2 is 2.17 bits per heavy atom. The van der Waals surface area contributed by atoms with Gasteiger partial charge in [0.15, 0.2) is 5.16 Å². The van der Waals surface area contributed by atoms with E-state index < -0.39 is 0 Å². The van der Waals surface area contributed by atoms with Crippen LogP contribution in [0.4, 0.5) is 0 Å². The third-order valence-electron chi connectivity index (χ3n) is 4.81. The van der Waals surface area contributed by atoms with Crippen LogP contribution in [-0.4, -0.2) is 45.2 Å². The van der Waals surface area contributed by atoms with E-state index in [1.54, 1.807) is 11.3 Å². The molecule has 1 saturated heterocycles. The minimum Gasteiger partial charge on any atom is -0.376 e. The number of nitrogens with one attached hydrogen (secondary N) is 1. The van der Waals surface area contributed by atoms with Crippen molar-refractivity contribution in [3.63, 3.8) is 0 Å². The van der Waals surface area contributed by atoms with Crippen molar-refractivity contribution < 1.29 is 9.53 Å². The molecule has 3 heterocycles. The third kappa shape index (κ3) is 5.07. The van der Waals surface area contributed by atoms with Gasteiger partial charge in [-0.25, -0.2) is 0 Å². The topological polar surface area (TPSA) is 69.0 Å². The van der Waals surface area contributed by atoms with E-state index in [1.165, 1.54) is 16.6 Å². The third-order valence-corrected chi connectivity index (χ3v) is 6.73. The maximum atomic E-state index is 12.6. The summed E-state index contributed by atoms with van der Waals surface area (Å²) in [6, 6.07) is 14.2. The van der Waals surface area contributed by atoms with Crippen LogP contribution < -0.4 is 5.32 Å². The van der Waals surface area contributed by atoms with Crippen LogP contribution in [0.15, 0.2) is 53.0 Å². The van der Waals surface area contributed by atoms with Crippen molar-refractivity contribution >= 4 is 29.0 Å². The Kier molecular flexibility index (Phi) is 6.63. The quantitative estimate of drug-likeness (QED) is 0.554. The van der Waals surface area contributed by atoms with Gasteiger partial charge in [-0.1, -0.05) is 36.0 Å². The minimum atomic E-state index is -0.280. The Morgan fingerprint density at radius 1 is 1.31 bits per heavy atom. The summed E-state index contributed by atoms with van der Waals surface area (Å²) >= 11 is 3.13. The second-order valence-corrected chi connectivity index (χ2v) is 9.31. The number of nitrogens with zero attached hydrogens (tertiary/aromatic N) is 3. The van der Waals surface area contributed by atoms with Crippen LogP contribution in [0.5, 0.6) is 0 Å². The number of hydrogen-bond donors (Lipinski definition) is 1. The summed E-state index contributed by atoms with van der Waals surface area (Å²) < 4.78 is 7.63. The van der Waals surface area contributed by atoms with Crippen molar-refractivity contribution in [2.24, 2.45) is 0 Å². The summed E-state index contributed by atoms with van der Waals surface area (Å²) in [5.74, 6) is 0.862. The van der Waals surface area contributed by atoms with Gasteiger partial charge >= 0.3 is 0 Å². The molecule has 1 aliphatic rings. The van der Waals surface area contributed by atoms with Gasteiger partial charge in [0.25, 0.3) is 0 Å². The minimum absolute atomic E-state index is 0.00656. The number of thioether (sulfide) groups is 1. The highest BCUT2D eigenvalue weighted by molar-refractivity contribution is 8.00. The van der Waals surface area contributed by atoms with Crippen LogP contribution in [-0.2, 0) is 16.0 Å². The molecule has 0 radical (unpaired) electrons. The van der Waals surface area contributed by atoms with Crippen molar-refractivity contribution in [2.75, 3.05) is 13.2 Å². The lowest BCUT2D eigenvalue weighted by molar-refractivity contribution is -0.120. The van der Waals surface area contributed by atoms with Crippen LogP contribution in [0.25, 0.3) is 5.69 Å². The largest absolute Gasteiger partial charge is 0.376 e. The van der Waals surface area contributed by atoms with E-state index >= 15 is 0 Å². The van der Waals surface area contributed by atoms with E-state index in [1.807, 2.05) is 47.9 Å². The number of para-hydroxylation sites is 1. The summed E-state index contributed by atoms with van der Waals surface area (Å²) in [5, 5.41) is 14.4. The molecule has 0 bridgehead atoms. The molecule has 0 unspecified atom stereocenters. The number of benzene rings is 1. The van der Waals surface area contributed by atoms with Crippen LogP contribution in [0.2, 0.25) is 0 Å². The number of ether oxygens (including phenoxy) is 1. The molecule has 3 aromatic rings. The lowest BCUT2D eigenvalue weighted by atomic mass is 10.2. The number of carbonyl (C=O) groups excluding carboxylic acids is 1. The van der Waals surface area contributed by atoms with E-state index in [0.717, 1.165) is 36.1 Å². The normalized spacial score (nSPS) is 17.3. The van der Waals surface area contributed by atoms with Gasteiger partial charge in [0.2, 0.25) is 5.91 Å². The molecule has 0 aliphatic carbocycles. The zero-order valence-electron chi connectivity index (χ0n) is 16.3. The monoisotopic (exact) mass is 428 g/mol. The zero-order valence-corrected chi connectivity index (χ0v) is 17.9. The fourth-order valence-corrected chi connectivity index (χ4v) is 4.88. The molecular formula is C21H24N4O2S2. The first-order valence-electron chi connectivity index (χ1n) is 9.79. The van der Waals surface area contributed by atoms with Gasteiger partial charge in [-0.3, -0.25) is 9.36 Å². The zero-order chi connectivity index (χ0) is 20.1. The fraction of sp³-hybridized carbons (Fsp3) is 0.381. The summed E-state index contributed by atoms with van der Waals surface area (Å²) in [6.45, 7) is 3.26. The number of amides is 1. The highest BCUT2D eigenvalue weighted by Crippen LogP contribution is 2.27. The molecule has 0 saturated carbocycles. The first kappa shape index (κ1) is 20.1. The average molecular weight is 429 g/mol. The first-order valence-corrected chi connectivity index (χ1v) is 11.5. The molecule has 1 N–H and O–H groups in total. The maximum absolute atomic E-state index is 12.6. The van der Waals surface area contributed by atoms with Crippen LogP contribution in [0, 0.1) is 0 Å². The molecule has 1 aromatic carbocycles. The van der Waals surface area contributed by atoms with Gasteiger partial charge in [0, 0.05) is 30.1 Å². The molecule has 1 amide bonds. The van der Waals surface area contributed by atoms with Crippen molar-refractivity contribution in [3.05, 3.63) is 58.5 Å². The van der Waals surface area contributed by atoms with Gasteiger partial charge < -0.3 is 10.1 Å².